The van der Waals surface area contributed by atoms with Crippen LogP contribution in [0, 0.1) is 11.8 Å². The van der Waals surface area contributed by atoms with Crippen LogP contribution in [0.25, 0.3) is 0 Å². The van der Waals surface area contributed by atoms with E-state index in [1.54, 1.807) is 0 Å². The summed E-state index contributed by atoms with van der Waals surface area (Å²) >= 11 is 0. The van der Waals surface area contributed by atoms with Crippen molar-refractivity contribution in [2.24, 2.45) is 11.8 Å². The van der Waals surface area contributed by atoms with Gasteiger partial charge in [0.2, 0.25) is 0 Å². The SMILES string of the molecule is C1CC1NC1C[C@@H]2COC[C@H]2C1. The van der Waals surface area contributed by atoms with Crippen molar-refractivity contribution in [3.05, 3.63) is 0 Å². The fourth-order valence-corrected chi connectivity index (χ4v) is 2.71. The van der Waals surface area contributed by atoms with E-state index in [4.69, 9.17) is 4.74 Å². The molecular formula is C10H17NO. The summed E-state index contributed by atoms with van der Waals surface area (Å²) in [6.07, 6.45) is 5.59. The molecule has 2 atom stereocenters. The lowest BCUT2D eigenvalue weighted by atomic mass is 10.0. The quantitative estimate of drug-likeness (QED) is 0.666. The van der Waals surface area contributed by atoms with Gasteiger partial charge in [0.25, 0.3) is 0 Å². The van der Waals surface area contributed by atoms with Gasteiger partial charge >= 0.3 is 0 Å². The Hall–Kier alpha value is -0.0800. The minimum atomic E-state index is 0.830. The molecule has 3 fully saturated rings. The predicted octanol–water partition coefficient (Wildman–Crippen LogP) is 1.16. The summed E-state index contributed by atoms with van der Waals surface area (Å²) in [6.45, 7) is 2.07. The Morgan fingerprint density at radius 1 is 0.917 bits per heavy atom. The maximum Gasteiger partial charge on any atom is 0.0498 e. The van der Waals surface area contributed by atoms with Gasteiger partial charge in [-0.3, -0.25) is 0 Å². The molecule has 2 nitrogen and oxygen atoms in total. The summed E-state index contributed by atoms with van der Waals surface area (Å²) in [5, 5.41) is 3.73. The molecule has 0 radical (unpaired) electrons. The highest BCUT2D eigenvalue weighted by Crippen LogP contribution is 2.37. The molecule has 0 spiro atoms. The molecule has 1 aliphatic heterocycles. The molecule has 2 heteroatoms. The molecule has 1 saturated heterocycles. The van der Waals surface area contributed by atoms with E-state index in [9.17, 15) is 0 Å². The molecule has 0 aromatic carbocycles. The lowest BCUT2D eigenvalue weighted by Gasteiger charge is -2.12. The van der Waals surface area contributed by atoms with Crippen LogP contribution in [-0.2, 0) is 4.74 Å². The van der Waals surface area contributed by atoms with Crippen LogP contribution in [-0.4, -0.2) is 25.3 Å². The minimum Gasteiger partial charge on any atom is -0.381 e. The number of fused-ring (bicyclic) bond motifs is 1. The molecule has 2 saturated carbocycles. The molecular weight excluding hydrogens is 150 g/mol. The summed E-state index contributed by atoms with van der Waals surface area (Å²) < 4.78 is 5.45. The first-order valence-electron chi connectivity index (χ1n) is 5.25. The van der Waals surface area contributed by atoms with Crippen molar-refractivity contribution < 1.29 is 4.74 Å². The molecule has 68 valence electrons. The Morgan fingerprint density at radius 2 is 1.58 bits per heavy atom. The molecule has 3 aliphatic rings. The molecule has 1 heterocycles. The summed E-state index contributed by atoms with van der Waals surface area (Å²) in [5.41, 5.74) is 0. The molecule has 2 aliphatic carbocycles. The number of ether oxygens (including phenoxy) is 1. The molecule has 0 amide bonds. The van der Waals surface area contributed by atoms with Gasteiger partial charge in [-0.2, -0.15) is 0 Å². The van der Waals surface area contributed by atoms with E-state index in [2.05, 4.69) is 5.32 Å². The largest absolute Gasteiger partial charge is 0.381 e. The average molecular weight is 167 g/mol. The maximum absolute atomic E-state index is 5.45. The van der Waals surface area contributed by atoms with Gasteiger partial charge in [0.15, 0.2) is 0 Å². The smallest absolute Gasteiger partial charge is 0.0498 e. The lowest BCUT2D eigenvalue weighted by Crippen LogP contribution is -2.29. The number of hydrogen-bond acceptors (Lipinski definition) is 2. The minimum absolute atomic E-state index is 0.830. The van der Waals surface area contributed by atoms with E-state index in [1.165, 1.54) is 25.7 Å². The molecule has 0 unspecified atom stereocenters. The zero-order valence-corrected chi connectivity index (χ0v) is 7.46. The first-order valence-corrected chi connectivity index (χ1v) is 5.25. The Labute approximate surface area is 73.7 Å². The van der Waals surface area contributed by atoms with Crippen LogP contribution in [0.15, 0.2) is 0 Å². The fraction of sp³-hybridized carbons (Fsp3) is 1.00. The second-order valence-electron chi connectivity index (χ2n) is 4.67. The van der Waals surface area contributed by atoms with Crippen molar-refractivity contribution in [3.8, 4) is 0 Å². The van der Waals surface area contributed by atoms with Gasteiger partial charge < -0.3 is 10.1 Å². The number of hydrogen-bond donors (Lipinski definition) is 1. The Bertz CT molecular complexity index is 167. The summed E-state index contributed by atoms with van der Waals surface area (Å²) in [7, 11) is 0. The third-order valence-corrected chi connectivity index (χ3v) is 3.55. The van der Waals surface area contributed by atoms with Crippen LogP contribution in [0.2, 0.25) is 0 Å². The van der Waals surface area contributed by atoms with Gasteiger partial charge in [0.1, 0.15) is 0 Å². The molecule has 0 aromatic heterocycles. The predicted molar refractivity (Wildman–Crippen MR) is 47.0 cm³/mol. The van der Waals surface area contributed by atoms with Gasteiger partial charge in [-0.1, -0.05) is 0 Å². The Kier molecular flexibility index (Phi) is 1.66. The lowest BCUT2D eigenvalue weighted by molar-refractivity contribution is 0.169. The van der Waals surface area contributed by atoms with Crippen molar-refractivity contribution in [2.45, 2.75) is 37.8 Å². The highest BCUT2D eigenvalue weighted by atomic mass is 16.5. The van der Waals surface area contributed by atoms with Crippen molar-refractivity contribution in [1.82, 2.24) is 5.32 Å². The monoisotopic (exact) mass is 167 g/mol. The fourth-order valence-electron chi connectivity index (χ4n) is 2.71. The van der Waals surface area contributed by atoms with E-state index in [0.29, 0.717) is 0 Å². The first kappa shape index (κ1) is 7.34. The first-order chi connectivity index (χ1) is 5.92. The normalized spacial score (nSPS) is 42.0. The van der Waals surface area contributed by atoms with Crippen molar-refractivity contribution in [1.29, 1.82) is 0 Å². The molecule has 0 aromatic rings. The summed E-state index contributed by atoms with van der Waals surface area (Å²) in [5.74, 6) is 1.78. The zero-order chi connectivity index (χ0) is 7.97. The van der Waals surface area contributed by atoms with Crippen LogP contribution >= 0.6 is 0 Å². The van der Waals surface area contributed by atoms with Crippen molar-refractivity contribution >= 4 is 0 Å². The zero-order valence-electron chi connectivity index (χ0n) is 7.46. The maximum atomic E-state index is 5.45. The van der Waals surface area contributed by atoms with Crippen LogP contribution in [0.4, 0.5) is 0 Å². The van der Waals surface area contributed by atoms with Gasteiger partial charge in [0, 0.05) is 25.3 Å². The third kappa shape index (κ3) is 1.27. The van der Waals surface area contributed by atoms with Crippen LogP contribution in [0.5, 0.6) is 0 Å². The van der Waals surface area contributed by atoms with Gasteiger partial charge in [-0.25, -0.2) is 0 Å². The van der Waals surface area contributed by atoms with Crippen LogP contribution < -0.4 is 5.32 Å². The standard InChI is InChI=1S/C10H17NO/c1-2-9(1)11-10-3-7-5-12-6-8(7)4-10/h7-11H,1-6H2/t7-,8-/m1/s1. The molecule has 12 heavy (non-hydrogen) atoms. The number of rotatable bonds is 2. The van der Waals surface area contributed by atoms with E-state index in [-0.39, 0.29) is 0 Å². The molecule has 1 N–H and O–H groups in total. The van der Waals surface area contributed by atoms with Crippen molar-refractivity contribution in [3.63, 3.8) is 0 Å². The molecule has 3 rings (SSSR count). The van der Waals surface area contributed by atoms with Gasteiger partial charge in [-0.05, 0) is 37.5 Å². The van der Waals surface area contributed by atoms with E-state index >= 15 is 0 Å². The van der Waals surface area contributed by atoms with Crippen molar-refractivity contribution in [2.75, 3.05) is 13.2 Å². The second kappa shape index (κ2) is 2.71. The molecule has 0 bridgehead atoms. The van der Waals surface area contributed by atoms with E-state index in [1.807, 2.05) is 0 Å². The highest BCUT2D eigenvalue weighted by molar-refractivity contribution is 4.94. The van der Waals surface area contributed by atoms with E-state index in [0.717, 1.165) is 37.1 Å². The van der Waals surface area contributed by atoms with Crippen LogP contribution in [0.1, 0.15) is 25.7 Å². The third-order valence-electron chi connectivity index (χ3n) is 3.55. The summed E-state index contributed by atoms with van der Waals surface area (Å²) in [4.78, 5) is 0. The highest BCUT2D eigenvalue weighted by Gasteiger charge is 2.39. The second-order valence-corrected chi connectivity index (χ2v) is 4.67. The van der Waals surface area contributed by atoms with E-state index < -0.39 is 0 Å². The summed E-state index contributed by atoms with van der Waals surface area (Å²) in [6, 6.07) is 1.71. The Morgan fingerprint density at radius 3 is 2.17 bits per heavy atom. The van der Waals surface area contributed by atoms with Gasteiger partial charge in [-0.15, -0.1) is 0 Å². The Balaban J connectivity index is 1.56. The van der Waals surface area contributed by atoms with Gasteiger partial charge in [0.05, 0.1) is 0 Å². The topological polar surface area (TPSA) is 21.3 Å². The average Bonchev–Trinajstić information content (AvgIpc) is 2.56. The van der Waals surface area contributed by atoms with Crippen LogP contribution in [0.3, 0.4) is 0 Å². The number of nitrogens with one attached hydrogen (secondary N) is 1.